The van der Waals surface area contributed by atoms with Crippen LogP contribution in [0.4, 0.5) is 0 Å². The highest BCUT2D eigenvalue weighted by Crippen LogP contribution is 2.30. The van der Waals surface area contributed by atoms with E-state index in [1.165, 1.54) is 6.21 Å². The predicted octanol–water partition coefficient (Wildman–Crippen LogP) is 6.70. The minimum Gasteiger partial charge on any atom is -0.490 e. The maximum atomic E-state index is 12.2. The minimum absolute atomic E-state index is 0.305. The number of hydrogen-bond acceptors (Lipinski definition) is 4. The number of amides is 1. The number of carbonyl (C=O) groups excluding carboxylic acids is 1. The Kier molecular flexibility index (Phi) is 8.39. The number of nitrogens with zero attached hydrogens (tertiary/aromatic N) is 1. The molecule has 3 aromatic rings. The number of hydrazone groups is 1. The second-order valence-corrected chi connectivity index (χ2v) is 8.06. The van der Waals surface area contributed by atoms with Crippen molar-refractivity contribution in [1.82, 2.24) is 5.43 Å². The largest absolute Gasteiger partial charge is 0.490 e. The van der Waals surface area contributed by atoms with Crippen molar-refractivity contribution in [2.45, 2.75) is 20.5 Å². The molecule has 0 heterocycles. The minimum atomic E-state index is -0.352. The summed E-state index contributed by atoms with van der Waals surface area (Å²) in [6, 6.07) is 15.8. The molecule has 0 atom stereocenters. The van der Waals surface area contributed by atoms with E-state index < -0.39 is 0 Å². The van der Waals surface area contributed by atoms with Gasteiger partial charge in [-0.15, -0.1) is 0 Å². The summed E-state index contributed by atoms with van der Waals surface area (Å²) >= 11 is 18.1. The first-order valence-electron chi connectivity index (χ1n) is 9.80. The first kappa shape index (κ1) is 23.9. The number of hydrogen-bond donors (Lipinski definition) is 1. The Labute approximate surface area is 201 Å². The van der Waals surface area contributed by atoms with Gasteiger partial charge >= 0.3 is 0 Å². The van der Waals surface area contributed by atoms with Crippen LogP contribution in [0.1, 0.15) is 34.0 Å². The molecule has 3 aromatic carbocycles. The third kappa shape index (κ3) is 6.39. The summed E-state index contributed by atoms with van der Waals surface area (Å²) in [5.74, 6) is 0.788. The zero-order valence-corrected chi connectivity index (χ0v) is 19.8. The quantitative estimate of drug-likeness (QED) is 0.282. The van der Waals surface area contributed by atoms with Gasteiger partial charge in [0.25, 0.3) is 5.91 Å². The fourth-order valence-corrected chi connectivity index (χ4v) is 3.25. The summed E-state index contributed by atoms with van der Waals surface area (Å²) < 4.78 is 11.6. The third-order valence-electron chi connectivity index (χ3n) is 4.46. The van der Waals surface area contributed by atoms with Crippen molar-refractivity contribution in [1.29, 1.82) is 0 Å². The summed E-state index contributed by atoms with van der Waals surface area (Å²) in [6.07, 6.45) is 1.53. The van der Waals surface area contributed by atoms with E-state index in [4.69, 9.17) is 44.3 Å². The number of ether oxygens (including phenoxy) is 2. The second-order valence-electron chi connectivity index (χ2n) is 6.84. The van der Waals surface area contributed by atoms with E-state index in [2.05, 4.69) is 10.5 Å². The summed E-state index contributed by atoms with van der Waals surface area (Å²) in [6.45, 7) is 4.53. The molecule has 32 heavy (non-hydrogen) atoms. The molecule has 1 amide bonds. The average molecular weight is 492 g/mol. The number of aryl methyl sites for hydroxylation is 1. The maximum absolute atomic E-state index is 12.2. The summed E-state index contributed by atoms with van der Waals surface area (Å²) in [4.78, 5) is 12.2. The van der Waals surface area contributed by atoms with E-state index in [0.29, 0.717) is 45.3 Å². The van der Waals surface area contributed by atoms with Gasteiger partial charge in [-0.05, 0) is 73.0 Å². The molecule has 0 unspecified atom stereocenters. The van der Waals surface area contributed by atoms with Crippen molar-refractivity contribution in [3.63, 3.8) is 0 Å². The molecule has 0 aromatic heterocycles. The number of carbonyl (C=O) groups is 1. The van der Waals surface area contributed by atoms with Crippen LogP contribution in [0.2, 0.25) is 15.1 Å². The molecular weight excluding hydrogens is 471 g/mol. The molecule has 166 valence electrons. The topological polar surface area (TPSA) is 59.9 Å². The van der Waals surface area contributed by atoms with Crippen LogP contribution in [-0.2, 0) is 6.61 Å². The highest BCUT2D eigenvalue weighted by molar-refractivity contribution is 6.42. The molecule has 0 fully saturated rings. The molecule has 8 heteroatoms. The van der Waals surface area contributed by atoms with E-state index in [1.54, 1.807) is 42.5 Å². The lowest BCUT2D eigenvalue weighted by molar-refractivity contribution is 0.0955. The van der Waals surface area contributed by atoms with Gasteiger partial charge in [-0.1, -0.05) is 46.9 Å². The molecule has 0 radical (unpaired) electrons. The van der Waals surface area contributed by atoms with Crippen molar-refractivity contribution < 1.29 is 14.3 Å². The van der Waals surface area contributed by atoms with Crippen LogP contribution in [0.5, 0.6) is 11.5 Å². The molecule has 0 bridgehead atoms. The molecule has 5 nitrogen and oxygen atoms in total. The highest BCUT2D eigenvalue weighted by atomic mass is 35.5. The molecule has 0 saturated carbocycles. The molecule has 3 rings (SSSR count). The second kappa shape index (κ2) is 11.2. The molecular formula is C24H21Cl3N2O3. The van der Waals surface area contributed by atoms with Crippen LogP contribution < -0.4 is 14.9 Å². The number of nitrogens with one attached hydrogen (secondary N) is 1. The van der Waals surface area contributed by atoms with Gasteiger partial charge in [0, 0.05) is 10.6 Å². The molecule has 1 N–H and O–H groups in total. The van der Waals surface area contributed by atoms with E-state index in [0.717, 1.165) is 16.7 Å². The van der Waals surface area contributed by atoms with E-state index in [1.807, 2.05) is 26.0 Å². The Morgan fingerprint density at radius 3 is 2.47 bits per heavy atom. The first-order valence-corrected chi connectivity index (χ1v) is 10.9. The number of halogens is 3. The van der Waals surface area contributed by atoms with E-state index in [-0.39, 0.29) is 5.91 Å². The van der Waals surface area contributed by atoms with Gasteiger partial charge < -0.3 is 9.47 Å². The summed E-state index contributed by atoms with van der Waals surface area (Å²) in [5, 5.41) is 5.51. The standard InChI is InChI=1S/C24H21Cl3N2O3/c1-3-31-23-11-16(13-28-29-24(30)18-7-4-15(2)20(26)12-18)6-9-22(23)32-14-17-5-8-19(25)21(27)10-17/h4-13H,3,14H2,1-2H3,(H,29,30)/b28-13-. The van der Waals surface area contributed by atoms with Crippen molar-refractivity contribution in [2.24, 2.45) is 5.10 Å². The fourth-order valence-electron chi connectivity index (χ4n) is 2.75. The van der Waals surface area contributed by atoms with Crippen molar-refractivity contribution >= 4 is 46.9 Å². The summed E-state index contributed by atoms with van der Waals surface area (Å²) in [5.41, 5.74) is 5.44. The molecule has 0 aliphatic carbocycles. The number of rotatable bonds is 8. The number of benzene rings is 3. The van der Waals surface area contributed by atoms with Gasteiger partial charge in [0.15, 0.2) is 11.5 Å². The Bertz CT molecular complexity index is 1150. The van der Waals surface area contributed by atoms with Gasteiger partial charge in [-0.25, -0.2) is 5.43 Å². The first-order chi connectivity index (χ1) is 15.4. The molecule has 0 aliphatic rings. The average Bonchev–Trinajstić information content (AvgIpc) is 2.77. The lowest BCUT2D eigenvalue weighted by Gasteiger charge is -2.13. The maximum Gasteiger partial charge on any atom is 0.271 e. The van der Waals surface area contributed by atoms with Crippen molar-refractivity contribution in [3.05, 3.63) is 91.9 Å². The highest BCUT2D eigenvalue weighted by Gasteiger charge is 2.09. The lowest BCUT2D eigenvalue weighted by Crippen LogP contribution is -2.17. The molecule has 0 spiro atoms. The van der Waals surface area contributed by atoms with Gasteiger partial charge in [0.2, 0.25) is 0 Å². The Morgan fingerprint density at radius 2 is 1.75 bits per heavy atom. The molecule has 0 aliphatic heterocycles. The van der Waals surface area contributed by atoms with Crippen LogP contribution in [0.3, 0.4) is 0 Å². The zero-order chi connectivity index (χ0) is 23.1. The van der Waals surface area contributed by atoms with Crippen LogP contribution in [-0.4, -0.2) is 18.7 Å². The fraction of sp³-hybridized carbons (Fsp3) is 0.167. The monoisotopic (exact) mass is 490 g/mol. The van der Waals surface area contributed by atoms with E-state index >= 15 is 0 Å². The molecule has 0 saturated heterocycles. The third-order valence-corrected chi connectivity index (χ3v) is 5.61. The Balaban J connectivity index is 1.66. The van der Waals surface area contributed by atoms with Gasteiger partial charge in [-0.2, -0.15) is 5.10 Å². The lowest BCUT2D eigenvalue weighted by atomic mass is 10.1. The zero-order valence-electron chi connectivity index (χ0n) is 17.5. The van der Waals surface area contributed by atoms with Gasteiger partial charge in [0.05, 0.1) is 22.9 Å². The Morgan fingerprint density at radius 1 is 0.938 bits per heavy atom. The smallest absolute Gasteiger partial charge is 0.271 e. The summed E-state index contributed by atoms with van der Waals surface area (Å²) in [7, 11) is 0. The van der Waals surface area contributed by atoms with Crippen LogP contribution >= 0.6 is 34.8 Å². The van der Waals surface area contributed by atoms with Crippen molar-refractivity contribution in [3.8, 4) is 11.5 Å². The predicted molar refractivity (Wildman–Crippen MR) is 130 cm³/mol. The van der Waals surface area contributed by atoms with Gasteiger partial charge in [0.1, 0.15) is 6.61 Å². The van der Waals surface area contributed by atoms with Gasteiger partial charge in [-0.3, -0.25) is 4.79 Å². The van der Waals surface area contributed by atoms with E-state index in [9.17, 15) is 4.79 Å². The van der Waals surface area contributed by atoms with Crippen LogP contribution in [0.15, 0.2) is 59.7 Å². The normalized spacial score (nSPS) is 10.9. The Hall–Kier alpha value is -2.73. The van der Waals surface area contributed by atoms with Crippen LogP contribution in [0, 0.1) is 6.92 Å². The van der Waals surface area contributed by atoms with Crippen LogP contribution in [0.25, 0.3) is 0 Å². The van der Waals surface area contributed by atoms with Crippen molar-refractivity contribution in [2.75, 3.05) is 6.61 Å². The SMILES string of the molecule is CCOc1cc(/C=N\NC(=O)c2ccc(C)c(Cl)c2)ccc1OCc1ccc(Cl)c(Cl)c1.